The Hall–Kier alpha value is -0.510. The number of hydrogen-bond acceptors (Lipinski definition) is 2. The fraction of sp³-hybridized carbons (Fsp3) is 0.600. The Balaban J connectivity index is 2.60. The van der Waals surface area contributed by atoms with Crippen LogP contribution < -0.4 is 0 Å². The highest BCUT2D eigenvalue weighted by molar-refractivity contribution is 7.96. The molecule has 1 heterocycles. The summed E-state index contributed by atoms with van der Waals surface area (Å²) in [7, 11) is 0. The second-order valence-electron chi connectivity index (χ2n) is 1.93. The van der Waals surface area contributed by atoms with E-state index in [2.05, 4.69) is 12.6 Å². The summed E-state index contributed by atoms with van der Waals surface area (Å²) in [5, 5.41) is -0.433. The number of thiol groups is 1. The number of hydrogen-bond donors (Lipinski definition) is 1. The topological polar surface area (TPSA) is 37.4 Å². The van der Waals surface area contributed by atoms with Gasteiger partial charge in [-0.15, -0.1) is 0 Å². The van der Waals surface area contributed by atoms with Gasteiger partial charge in [0.25, 0.3) is 5.24 Å². The second kappa shape index (κ2) is 2.39. The Kier molecular flexibility index (Phi) is 1.75. The van der Waals surface area contributed by atoms with E-state index in [0.717, 1.165) is 11.3 Å². The zero-order valence-electron chi connectivity index (χ0n) is 4.83. The maximum absolute atomic E-state index is 10.7. The van der Waals surface area contributed by atoms with Crippen LogP contribution in [0, 0.1) is 0 Å². The SMILES string of the molecule is O=C(S)N1CCCC1=O. The quantitative estimate of drug-likeness (QED) is 0.508. The average molecular weight is 145 g/mol. The van der Waals surface area contributed by atoms with E-state index in [0.29, 0.717) is 13.0 Å². The Labute approximate surface area is 58.4 Å². The fourth-order valence-corrected chi connectivity index (χ4v) is 1.06. The standard InChI is InChI=1S/C5H7NO2S/c7-4-2-1-3-6(4)5(8)9/h1-3H2,(H,8,9). The lowest BCUT2D eigenvalue weighted by Crippen LogP contribution is -2.26. The zero-order chi connectivity index (χ0) is 6.85. The van der Waals surface area contributed by atoms with Crippen LogP contribution in [-0.4, -0.2) is 22.6 Å². The first-order chi connectivity index (χ1) is 4.22. The predicted octanol–water partition coefficient (Wildman–Crippen LogP) is 0.659. The van der Waals surface area contributed by atoms with Crippen molar-refractivity contribution in [2.75, 3.05) is 6.54 Å². The van der Waals surface area contributed by atoms with Crippen LogP contribution in [0.4, 0.5) is 4.79 Å². The first-order valence-corrected chi connectivity index (χ1v) is 3.20. The Morgan fingerprint density at radius 3 is 2.56 bits per heavy atom. The molecular weight excluding hydrogens is 138 g/mol. The first kappa shape index (κ1) is 6.61. The summed E-state index contributed by atoms with van der Waals surface area (Å²) >= 11 is 3.52. The molecule has 0 aromatic heterocycles. The molecule has 1 fully saturated rings. The van der Waals surface area contributed by atoms with E-state index >= 15 is 0 Å². The molecule has 0 N–H and O–H groups in total. The van der Waals surface area contributed by atoms with Gasteiger partial charge in [-0.1, -0.05) is 12.6 Å². The third kappa shape index (κ3) is 1.24. The Morgan fingerprint density at radius 1 is 1.67 bits per heavy atom. The Bertz CT molecular complexity index is 157. The molecule has 0 bridgehead atoms. The number of imide groups is 1. The molecule has 50 valence electrons. The smallest absolute Gasteiger partial charge is 0.274 e. The lowest BCUT2D eigenvalue weighted by atomic mass is 10.4. The first-order valence-electron chi connectivity index (χ1n) is 2.75. The van der Waals surface area contributed by atoms with Crippen molar-refractivity contribution >= 4 is 23.8 Å². The van der Waals surface area contributed by atoms with Crippen LogP contribution in [0.2, 0.25) is 0 Å². The molecule has 0 atom stereocenters. The molecule has 1 rings (SSSR count). The summed E-state index contributed by atoms with van der Waals surface area (Å²) in [6, 6.07) is 0. The van der Waals surface area contributed by atoms with E-state index in [1.165, 1.54) is 0 Å². The summed E-state index contributed by atoms with van der Waals surface area (Å²) in [6.07, 6.45) is 1.28. The summed E-state index contributed by atoms with van der Waals surface area (Å²) < 4.78 is 0. The van der Waals surface area contributed by atoms with Crippen LogP contribution in [0.3, 0.4) is 0 Å². The predicted molar refractivity (Wildman–Crippen MR) is 35.3 cm³/mol. The van der Waals surface area contributed by atoms with Gasteiger partial charge in [-0.25, -0.2) is 0 Å². The van der Waals surface area contributed by atoms with Gasteiger partial charge in [-0.2, -0.15) is 0 Å². The van der Waals surface area contributed by atoms with Crippen molar-refractivity contribution in [1.82, 2.24) is 4.90 Å². The molecule has 2 amide bonds. The van der Waals surface area contributed by atoms with Gasteiger partial charge in [0.05, 0.1) is 0 Å². The molecule has 1 aliphatic rings. The minimum atomic E-state index is -0.433. The zero-order valence-corrected chi connectivity index (χ0v) is 5.73. The van der Waals surface area contributed by atoms with Crippen molar-refractivity contribution < 1.29 is 9.59 Å². The molecule has 0 aromatic rings. The van der Waals surface area contributed by atoms with Gasteiger partial charge in [-0.3, -0.25) is 14.5 Å². The molecule has 4 heteroatoms. The van der Waals surface area contributed by atoms with Gasteiger partial charge >= 0.3 is 0 Å². The highest BCUT2D eigenvalue weighted by atomic mass is 32.1. The van der Waals surface area contributed by atoms with Gasteiger partial charge in [0.1, 0.15) is 0 Å². The van der Waals surface area contributed by atoms with Crippen molar-refractivity contribution in [3.8, 4) is 0 Å². The number of carbonyl (C=O) groups is 2. The third-order valence-electron chi connectivity index (χ3n) is 1.30. The minimum absolute atomic E-state index is 0.102. The van der Waals surface area contributed by atoms with Crippen molar-refractivity contribution in [3.05, 3.63) is 0 Å². The second-order valence-corrected chi connectivity index (χ2v) is 2.31. The highest BCUT2D eigenvalue weighted by Gasteiger charge is 2.23. The molecule has 1 aliphatic heterocycles. The van der Waals surface area contributed by atoms with Crippen LogP contribution in [0.25, 0.3) is 0 Å². The number of rotatable bonds is 0. The van der Waals surface area contributed by atoms with Crippen LogP contribution in [0.1, 0.15) is 12.8 Å². The molecule has 0 aliphatic carbocycles. The molecule has 0 saturated carbocycles. The lowest BCUT2D eigenvalue weighted by Gasteiger charge is -2.07. The molecule has 1 saturated heterocycles. The summed E-state index contributed by atoms with van der Waals surface area (Å²) in [6.45, 7) is 0.543. The normalized spacial score (nSPS) is 18.8. The molecule has 0 aromatic carbocycles. The van der Waals surface area contributed by atoms with E-state index in [4.69, 9.17) is 0 Å². The van der Waals surface area contributed by atoms with Crippen molar-refractivity contribution in [3.63, 3.8) is 0 Å². The summed E-state index contributed by atoms with van der Waals surface area (Å²) in [4.78, 5) is 22.3. The van der Waals surface area contributed by atoms with Gasteiger partial charge in [0.15, 0.2) is 0 Å². The number of carbonyl (C=O) groups excluding carboxylic acids is 2. The van der Waals surface area contributed by atoms with E-state index < -0.39 is 5.24 Å². The van der Waals surface area contributed by atoms with Crippen LogP contribution in [0.5, 0.6) is 0 Å². The van der Waals surface area contributed by atoms with E-state index in [1.54, 1.807) is 0 Å². The van der Waals surface area contributed by atoms with Crippen LogP contribution >= 0.6 is 12.6 Å². The molecule has 0 spiro atoms. The van der Waals surface area contributed by atoms with Gasteiger partial charge in [0.2, 0.25) is 5.91 Å². The monoisotopic (exact) mass is 145 g/mol. The summed E-state index contributed by atoms with van der Waals surface area (Å²) in [5.74, 6) is -0.102. The summed E-state index contributed by atoms with van der Waals surface area (Å²) in [5.41, 5.74) is 0. The molecular formula is C5H7NO2S. The largest absolute Gasteiger partial charge is 0.285 e. The van der Waals surface area contributed by atoms with Gasteiger partial charge < -0.3 is 0 Å². The maximum Gasteiger partial charge on any atom is 0.285 e. The molecule has 9 heavy (non-hydrogen) atoms. The molecule has 0 radical (unpaired) electrons. The van der Waals surface area contributed by atoms with Gasteiger partial charge in [0, 0.05) is 13.0 Å². The van der Waals surface area contributed by atoms with E-state index in [9.17, 15) is 9.59 Å². The fourth-order valence-electron chi connectivity index (χ4n) is 0.850. The lowest BCUT2D eigenvalue weighted by molar-refractivity contribution is -0.124. The van der Waals surface area contributed by atoms with Crippen molar-refractivity contribution in [2.24, 2.45) is 0 Å². The van der Waals surface area contributed by atoms with Crippen LogP contribution in [0.15, 0.2) is 0 Å². The van der Waals surface area contributed by atoms with Crippen molar-refractivity contribution in [1.29, 1.82) is 0 Å². The maximum atomic E-state index is 10.7. The van der Waals surface area contributed by atoms with Crippen molar-refractivity contribution in [2.45, 2.75) is 12.8 Å². The minimum Gasteiger partial charge on any atom is -0.274 e. The average Bonchev–Trinajstić information content (AvgIpc) is 2.13. The van der Waals surface area contributed by atoms with E-state index in [1.807, 2.05) is 0 Å². The number of amides is 2. The van der Waals surface area contributed by atoms with E-state index in [-0.39, 0.29) is 5.91 Å². The molecule has 0 unspecified atom stereocenters. The molecule has 3 nitrogen and oxygen atoms in total. The van der Waals surface area contributed by atoms with Gasteiger partial charge in [-0.05, 0) is 6.42 Å². The van der Waals surface area contributed by atoms with Crippen LogP contribution in [-0.2, 0) is 4.79 Å². The third-order valence-corrected chi connectivity index (χ3v) is 1.55. The number of nitrogens with zero attached hydrogens (tertiary/aromatic N) is 1. The number of likely N-dealkylation sites (tertiary alicyclic amines) is 1. The Morgan fingerprint density at radius 2 is 2.33 bits per heavy atom. The highest BCUT2D eigenvalue weighted by Crippen LogP contribution is 2.10.